The lowest BCUT2D eigenvalue weighted by molar-refractivity contribution is 0.162. The van der Waals surface area contributed by atoms with Crippen LogP contribution in [0, 0.1) is 0 Å². The highest BCUT2D eigenvalue weighted by atomic mass is 79.9. The van der Waals surface area contributed by atoms with Crippen LogP contribution in [0.25, 0.3) is 0 Å². The van der Waals surface area contributed by atoms with Crippen molar-refractivity contribution in [2.24, 2.45) is 0 Å². The van der Waals surface area contributed by atoms with Gasteiger partial charge in [0.15, 0.2) is 0 Å². The zero-order valence-corrected chi connectivity index (χ0v) is 14.3. The summed E-state index contributed by atoms with van der Waals surface area (Å²) in [6, 6.07) is 4.23. The quantitative estimate of drug-likeness (QED) is 0.821. The summed E-state index contributed by atoms with van der Waals surface area (Å²) in [5.74, 6) is 0.375. The van der Waals surface area contributed by atoms with E-state index in [-0.39, 0.29) is 0 Å². The number of hydrogen-bond acceptors (Lipinski definition) is 3. The Balaban J connectivity index is 2.32. The molecule has 1 aromatic rings. The summed E-state index contributed by atoms with van der Waals surface area (Å²) < 4.78 is 1.76. The number of benzene rings is 1. The molecule has 1 aliphatic rings. The Kier molecular flexibility index (Phi) is 5.69. The molecule has 1 fully saturated rings. The first kappa shape index (κ1) is 15.3. The third-order valence-electron chi connectivity index (χ3n) is 3.57. The second-order valence-electron chi connectivity index (χ2n) is 4.92. The molecule has 0 amide bonds. The van der Waals surface area contributed by atoms with Crippen LogP contribution in [0.4, 0.5) is 0 Å². The number of nitrogens with zero attached hydrogens (tertiary/aromatic N) is 1. The summed E-state index contributed by atoms with van der Waals surface area (Å²) in [5, 5.41) is 13.7. The maximum absolute atomic E-state index is 10.3. The van der Waals surface area contributed by atoms with Gasteiger partial charge in [-0.2, -0.15) is 0 Å². The number of aromatic hydroxyl groups is 1. The molecule has 1 atom stereocenters. The number of piperazine rings is 1. The molecule has 0 saturated carbocycles. The van der Waals surface area contributed by atoms with Gasteiger partial charge in [-0.1, -0.05) is 29.3 Å². The fraction of sp³-hybridized carbons (Fsp3) is 0.571. The Hall–Kier alpha value is -0.100. The molecule has 2 N–H and O–H groups in total. The standard InChI is InChI=1S/C14H20Br2N2O/c1-2-3-13(18-6-4-17-5-7-18)11-8-10(15)9-12(16)14(11)19/h8-9,13,17,19H,2-7H2,1H3/t13-/m1/s1. The molecule has 1 aliphatic heterocycles. The van der Waals surface area contributed by atoms with Crippen LogP contribution < -0.4 is 5.32 Å². The monoisotopic (exact) mass is 390 g/mol. The summed E-state index contributed by atoms with van der Waals surface area (Å²) in [4.78, 5) is 2.47. The second kappa shape index (κ2) is 7.07. The molecule has 0 spiro atoms. The van der Waals surface area contributed by atoms with Crippen LogP contribution in [0.2, 0.25) is 0 Å². The third kappa shape index (κ3) is 3.72. The van der Waals surface area contributed by atoms with Crippen LogP contribution in [0.5, 0.6) is 5.75 Å². The number of phenols is 1. The molecule has 0 unspecified atom stereocenters. The number of phenolic OH excluding ortho intramolecular Hbond substituents is 1. The van der Waals surface area contributed by atoms with E-state index in [9.17, 15) is 5.11 Å². The predicted octanol–water partition coefficient (Wildman–Crippen LogP) is 3.66. The predicted molar refractivity (Wildman–Crippen MR) is 85.6 cm³/mol. The molecule has 0 aliphatic carbocycles. The lowest BCUT2D eigenvalue weighted by Crippen LogP contribution is -2.45. The molecule has 1 heterocycles. The van der Waals surface area contributed by atoms with Crippen molar-refractivity contribution in [1.29, 1.82) is 0 Å². The first-order valence-electron chi connectivity index (χ1n) is 6.76. The summed E-state index contributed by atoms with van der Waals surface area (Å²) in [5.41, 5.74) is 1.02. The van der Waals surface area contributed by atoms with E-state index in [1.54, 1.807) is 0 Å². The summed E-state index contributed by atoms with van der Waals surface area (Å²) >= 11 is 6.95. The maximum Gasteiger partial charge on any atom is 0.134 e. The van der Waals surface area contributed by atoms with E-state index in [1.807, 2.05) is 12.1 Å². The molecular formula is C14H20Br2N2O. The molecular weight excluding hydrogens is 372 g/mol. The summed E-state index contributed by atoms with van der Waals surface area (Å²) in [6.07, 6.45) is 2.18. The van der Waals surface area contributed by atoms with Crippen LogP contribution in [-0.2, 0) is 0 Å². The number of nitrogens with one attached hydrogen (secondary N) is 1. The molecule has 3 nitrogen and oxygen atoms in total. The van der Waals surface area contributed by atoms with Gasteiger partial charge < -0.3 is 10.4 Å². The molecule has 1 saturated heterocycles. The fourth-order valence-electron chi connectivity index (χ4n) is 2.64. The van der Waals surface area contributed by atoms with Crippen molar-refractivity contribution < 1.29 is 5.11 Å². The Morgan fingerprint density at radius 3 is 2.63 bits per heavy atom. The van der Waals surface area contributed by atoms with Crippen molar-refractivity contribution >= 4 is 31.9 Å². The van der Waals surface area contributed by atoms with Crippen LogP contribution >= 0.6 is 31.9 Å². The number of hydrogen-bond donors (Lipinski definition) is 2. The molecule has 1 aromatic carbocycles. The SMILES string of the molecule is CCC[C@H](c1cc(Br)cc(Br)c1O)N1CCNCC1. The van der Waals surface area contributed by atoms with Gasteiger partial charge in [0.25, 0.3) is 0 Å². The highest BCUT2D eigenvalue weighted by Gasteiger charge is 2.24. The molecule has 0 radical (unpaired) electrons. The Bertz CT molecular complexity index is 434. The Labute approximate surface area is 131 Å². The molecule has 2 rings (SSSR count). The van der Waals surface area contributed by atoms with E-state index < -0.39 is 0 Å². The second-order valence-corrected chi connectivity index (χ2v) is 6.69. The molecule has 19 heavy (non-hydrogen) atoms. The van der Waals surface area contributed by atoms with E-state index in [0.717, 1.165) is 53.5 Å². The smallest absolute Gasteiger partial charge is 0.134 e. The van der Waals surface area contributed by atoms with Crippen molar-refractivity contribution in [2.75, 3.05) is 26.2 Å². The highest BCUT2D eigenvalue weighted by molar-refractivity contribution is 9.11. The normalized spacial score (nSPS) is 18.5. The first-order valence-corrected chi connectivity index (χ1v) is 8.34. The topological polar surface area (TPSA) is 35.5 Å². The number of rotatable bonds is 4. The zero-order chi connectivity index (χ0) is 13.8. The van der Waals surface area contributed by atoms with Gasteiger partial charge >= 0.3 is 0 Å². The minimum absolute atomic E-state index is 0.292. The van der Waals surface area contributed by atoms with Gasteiger partial charge in [0.2, 0.25) is 0 Å². The van der Waals surface area contributed by atoms with Gasteiger partial charge in [-0.25, -0.2) is 0 Å². The van der Waals surface area contributed by atoms with E-state index in [4.69, 9.17) is 0 Å². The lowest BCUT2D eigenvalue weighted by Gasteiger charge is -2.35. The third-order valence-corrected chi connectivity index (χ3v) is 4.63. The van der Waals surface area contributed by atoms with Crippen molar-refractivity contribution in [3.8, 4) is 5.75 Å². The molecule has 0 bridgehead atoms. The van der Waals surface area contributed by atoms with Crippen LogP contribution in [0.1, 0.15) is 31.4 Å². The maximum atomic E-state index is 10.3. The van der Waals surface area contributed by atoms with Gasteiger partial charge in [-0.15, -0.1) is 0 Å². The minimum Gasteiger partial charge on any atom is -0.506 e. The van der Waals surface area contributed by atoms with Gasteiger partial charge in [-0.05, 0) is 34.5 Å². The highest BCUT2D eigenvalue weighted by Crippen LogP contribution is 2.39. The van der Waals surface area contributed by atoms with Crippen molar-refractivity contribution in [3.63, 3.8) is 0 Å². The van der Waals surface area contributed by atoms with Crippen LogP contribution in [-0.4, -0.2) is 36.2 Å². The van der Waals surface area contributed by atoms with Crippen molar-refractivity contribution in [2.45, 2.75) is 25.8 Å². The summed E-state index contributed by atoms with van der Waals surface area (Å²) in [6.45, 7) is 6.31. The van der Waals surface area contributed by atoms with Crippen LogP contribution in [0.15, 0.2) is 21.1 Å². The van der Waals surface area contributed by atoms with Crippen molar-refractivity contribution in [3.05, 3.63) is 26.6 Å². The van der Waals surface area contributed by atoms with E-state index in [1.165, 1.54) is 0 Å². The van der Waals surface area contributed by atoms with Gasteiger partial charge in [0, 0.05) is 42.3 Å². The Morgan fingerprint density at radius 1 is 1.32 bits per heavy atom. The van der Waals surface area contributed by atoms with Crippen LogP contribution in [0.3, 0.4) is 0 Å². The summed E-state index contributed by atoms with van der Waals surface area (Å²) in [7, 11) is 0. The van der Waals surface area contributed by atoms with Gasteiger partial charge in [-0.3, -0.25) is 4.90 Å². The Morgan fingerprint density at radius 2 is 2.00 bits per heavy atom. The largest absolute Gasteiger partial charge is 0.506 e. The van der Waals surface area contributed by atoms with E-state index in [0.29, 0.717) is 11.8 Å². The zero-order valence-electron chi connectivity index (χ0n) is 11.1. The van der Waals surface area contributed by atoms with E-state index in [2.05, 4.69) is 49.0 Å². The lowest BCUT2D eigenvalue weighted by atomic mass is 9.99. The average molecular weight is 392 g/mol. The average Bonchev–Trinajstić information content (AvgIpc) is 2.41. The van der Waals surface area contributed by atoms with Crippen molar-refractivity contribution in [1.82, 2.24) is 10.2 Å². The molecule has 0 aromatic heterocycles. The van der Waals surface area contributed by atoms with E-state index >= 15 is 0 Å². The fourth-order valence-corrected chi connectivity index (χ4v) is 3.90. The first-order chi connectivity index (χ1) is 9.13. The van der Waals surface area contributed by atoms with Gasteiger partial charge in [0.05, 0.1) is 4.47 Å². The van der Waals surface area contributed by atoms with Gasteiger partial charge in [0.1, 0.15) is 5.75 Å². The minimum atomic E-state index is 0.292. The molecule has 5 heteroatoms. The molecule has 106 valence electrons. The number of halogens is 2.